The van der Waals surface area contributed by atoms with E-state index in [1.165, 1.54) is 0 Å². The van der Waals surface area contributed by atoms with Crippen molar-refractivity contribution >= 4 is 65.1 Å². The van der Waals surface area contributed by atoms with Crippen molar-refractivity contribution in [1.82, 2.24) is 5.06 Å². The summed E-state index contributed by atoms with van der Waals surface area (Å²) in [5, 5.41) is 0.709. The molecule has 0 atom stereocenters. The Bertz CT molecular complexity index is 215. The molecule has 1 heterocycles. The molecule has 12 heavy (non-hydrogen) atoms. The Balaban J connectivity index is 0.00000121. The van der Waals surface area contributed by atoms with Crippen molar-refractivity contribution in [2.45, 2.75) is 12.8 Å². The number of rotatable bonds is 2. The number of amides is 1. The van der Waals surface area contributed by atoms with Crippen LogP contribution in [0.25, 0.3) is 0 Å². The second-order valence-corrected chi connectivity index (χ2v) is 3.32. The van der Waals surface area contributed by atoms with E-state index in [2.05, 4.69) is 4.62 Å². The Morgan fingerprint density at radius 2 is 2.08 bits per heavy atom. The molecule has 8 heteroatoms. The Hall–Kier alpha value is 1.22. The van der Waals surface area contributed by atoms with Gasteiger partial charge in [0.05, 0.1) is 0 Å². The van der Waals surface area contributed by atoms with Gasteiger partial charge < -0.3 is 9.79 Å². The summed E-state index contributed by atoms with van der Waals surface area (Å²) in [6.45, 7) is 0.254. The Morgan fingerprint density at radius 1 is 1.50 bits per heavy atom. The predicted octanol–water partition coefficient (Wildman–Crippen LogP) is -1.02. The van der Waals surface area contributed by atoms with Crippen molar-refractivity contribution in [3.8, 4) is 0 Å². The molecule has 0 spiro atoms. The van der Waals surface area contributed by atoms with Crippen molar-refractivity contribution in [2.24, 2.45) is 0 Å². The van der Waals surface area contributed by atoms with Gasteiger partial charge in [0.25, 0.3) is 0 Å². The molecule has 1 rings (SSSR count). The first-order valence-electron chi connectivity index (χ1n) is 3.05. The number of hydrogen-bond acceptors (Lipinski definition) is 3. The van der Waals surface area contributed by atoms with Crippen molar-refractivity contribution < 1.29 is 23.8 Å². The SMILES string of the molecule is O=C1CCCN1OP(=O)(O)O.[KH]. The van der Waals surface area contributed by atoms with Crippen LogP contribution in [0.2, 0.25) is 0 Å². The normalized spacial score (nSPS) is 17.8. The maximum absolute atomic E-state index is 10.7. The Morgan fingerprint density at radius 3 is 2.42 bits per heavy atom. The number of hydroxylamine groups is 2. The van der Waals surface area contributed by atoms with E-state index >= 15 is 0 Å². The fraction of sp³-hybridized carbons (Fsp3) is 0.750. The van der Waals surface area contributed by atoms with Crippen LogP contribution >= 0.6 is 7.82 Å². The topological polar surface area (TPSA) is 87.1 Å². The van der Waals surface area contributed by atoms with E-state index in [1.807, 2.05) is 0 Å². The average Bonchev–Trinajstić information content (AvgIpc) is 2.12. The summed E-state index contributed by atoms with van der Waals surface area (Å²) in [6, 6.07) is 0. The van der Waals surface area contributed by atoms with Gasteiger partial charge in [-0.3, -0.25) is 4.79 Å². The van der Waals surface area contributed by atoms with E-state index in [1.54, 1.807) is 0 Å². The van der Waals surface area contributed by atoms with Crippen LogP contribution in [0.4, 0.5) is 0 Å². The molecule has 1 amide bonds. The van der Waals surface area contributed by atoms with Crippen LogP contribution in [0.3, 0.4) is 0 Å². The molecule has 66 valence electrons. The monoisotopic (exact) mass is 221 g/mol. The van der Waals surface area contributed by atoms with Gasteiger partial charge in [0, 0.05) is 13.0 Å². The second kappa shape index (κ2) is 5.19. The van der Waals surface area contributed by atoms with Crippen LogP contribution in [-0.2, 0) is 14.0 Å². The minimum atomic E-state index is -4.55. The molecule has 0 aromatic rings. The molecule has 6 nitrogen and oxygen atoms in total. The van der Waals surface area contributed by atoms with Crippen molar-refractivity contribution in [2.75, 3.05) is 6.54 Å². The third kappa shape index (κ3) is 4.45. The number of phosphoric acid groups is 1. The zero-order valence-corrected chi connectivity index (χ0v) is 6.53. The van der Waals surface area contributed by atoms with Crippen LogP contribution in [-0.4, -0.2) is 78.7 Å². The number of carbonyl (C=O) groups excluding carboxylic acids is 1. The third-order valence-corrected chi connectivity index (χ3v) is 1.64. The molecule has 2 N–H and O–H groups in total. The third-order valence-electron chi connectivity index (χ3n) is 1.23. The van der Waals surface area contributed by atoms with Crippen molar-refractivity contribution in [3.63, 3.8) is 0 Å². The van der Waals surface area contributed by atoms with E-state index in [-0.39, 0.29) is 63.8 Å². The first kappa shape index (κ1) is 13.2. The number of nitrogens with zero attached hydrogens (tertiary/aromatic N) is 1. The molecule has 0 aliphatic carbocycles. The van der Waals surface area contributed by atoms with E-state index < -0.39 is 7.82 Å². The van der Waals surface area contributed by atoms with Gasteiger partial charge in [-0.15, -0.1) is 0 Å². The fourth-order valence-corrected chi connectivity index (χ4v) is 1.27. The van der Waals surface area contributed by atoms with Gasteiger partial charge in [-0.1, -0.05) is 0 Å². The predicted molar refractivity (Wildman–Crippen MR) is 41.2 cm³/mol. The summed E-state index contributed by atoms with van der Waals surface area (Å²) >= 11 is 0. The van der Waals surface area contributed by atoms with Gasteiger partial charge >= 0.3 is 59.2 Å². The van der Waals surface area contributed by atoms with E-state index in [0.717, 1.165) is 0 Å². The molecule has 0 aromatic carbocycles. The Labute approximate surface area is 112 Å². The molecule has 0 unspecified atom stereocenters. The molecule has 1 saturated heterocycles. The van der Waals surface area contributed by atoms with E-state index in [0.29, 0.717) is 17.9 Å². The zero-order valence-electron chi connectivity index (χ0n) is 5.63. The molecule has 1 aliphatic heterocycles. The van der Waals surface area contributed by atoms with Gasteiger partial charge in [0.15, 0.2) is 0 Å². The minimum absolute atomic E-state index is 0. The summed E-state index contributed by atoms with van der Waals surface area (Å²) in [7, 11) is -4.55. The molecular weight excluding hydrogens is 212 g/mol. The molecule has 0 aromatic heterocycles. The van der Waals surface area contributed by atoms with E-state index in [4.69, 9.17) is 9.79 Å². The summed E-state index contributed by atoms with van der Waals surface area (Å²) < 4.78 is 14.3. The van der Waals surface area contributed by atoms with Crippen LogP contribution in [0.1, 0.15) is 12.8 Å². The van der Waals surface area contributed by atoms with Gasteiger partial charge in [0.1, 0.15) is 0 Å². The molecule has 0 saturated carbocycles. The Kier molecular flexibility index (Phi) is 5.71. The summed E-state index contributed by atoms with van der Waals surface area (Å²) in [4.78, 5) is 27.3. The van der Waals surface area contributed by atoms with Crippen LogP contribution < -0.4 is 0 Å². The van der Waals surface area contributed by atoms with Gasteiger partial charge in [-0.05, 0) is 6.42 Å². The number of carbonyl (C=O) groups is 1. The summed E-state index contributed by atoms with van der Waals surface area (Å²) in [5.74, 6) is -0.381. The quantitative estimate of drug-likeness (QED) is 0.460. The van der Waals surface area contributed by atoms with Gasteiger partial charge in [0.2, 0.25) is 5.91 Å². The van der Waals surface area contributed by atoms with Crippen LogP contribution in [0.5, 0.6) is 0 Å². The fourth-order valence-electron chi connectivity index (χ4n) is 0.838. The van der Waals surface area contributed by atoms with Crippen LogP contribution in [0, 0.1) is 0 Å². The van der Waals surface area contributed by atoms with Crippen LogP contribution in [0.15, 0.2) is 0 Å². The van der Waals surface area contributed by atoms with Crippen molar-refractivity contribution in [1.29, 1.82) is 0 Å². The first-order chi connectivity index (χ1) is 4.99. The molecular formula is C4H9KNO5P. The van der Waals surface area contributed by atoms with Gasteiger partial charge in [-0.2, -0.15) is 4.62 Å². The molecule has 0 radical (unpaired) electrons. The molecule has 0 bridgehead atoms. The van der Waals surface area contributed by atoms with Crippen molar-refractivity contribution in [3.05, 3.63) is 0 Å². The zero-order chi connectivity index (χ0) is 8.48. The number of hydrogen-bond donors (Lipinski definition) is 2. The second-order valence-electron chi connectivity index (χ2n) is 2.17. The van der Waals surface area contributed by atoms with Gasteiger partial charge in [-0.25, -0.2) is 9.63 Å². The molecule has 1 aliphatic rings. The summed E-state index contributed by atoms with van der Waals surface area (Å²) in [5.41, 5.74) is 0. The molecule has 1 fully saturated rings. The summed E-state index contributed by atoms with van der Waals surface area (Å²) in [6.07, 6.45) is 0.874. The maximum atomic E-state index is 10.7. The first-order valence-corrected chi connectivity index (χ1v) is 4.58. The van der Waals surface area contributed by atoms with E-state index in [9.17, 15) is 9.36 Å². The average molecular weight is 221 g/mol. The standard InChI is InChI=1S/C4H8NO5P.K.H/c6-4-2-1-3-5(4)10-11(7,8)9;;/h1-3H2,(H2,7,8,9);;.